The zero-order chi connectivity index (χ0) is 21.4. The van der Waals surface area contributed by atoms with Crippen LogP contribution in [-0.2, 0) is 6.54 Å². The van der Waals surface area contributed by atoms with E-state index in [4.69, 9.17) is 4.98 Å². The van der Waals surface area contributed by atoms with E-state index < -0.39 is 11.6 Å². The third-order valence-corrected chi connectivity index (χ3v) is 5.72. The van der Waals surface area contributed by atoms with Crippen LogP contribution in [0.1, 0.15) is 11.3 Å². The SMILES string of the molecule is Cc1cccc(-c2nc(NCc3cc(F)cc(F)c3)sc2-c2ccc3ncnn3c2)n1. The number of nitrogens with one attached hydrogen (secondary N) is 1. The minimum atomic E-state index is -0.609. The first-order chi connectivity index (χ1) is 15.0. The van der Waals surface area contributed by atoms with E-state index in [0.29, 0.717) is 10.7 Å². The average molecular weight is 434 g/mol. The predicted molar refractivity (Wildman–Crippen MR) is 116 cm³/mol. The van der Waals surface area contributed by atoms with Crippen molar-refractivity contribution in [1.29, 1.82) is 0 Å². The number of aromatic nitrogens is 5. The van der Waals surface area contributed by atoms with E-state index in [1.54, 1.807) is 4.52 Å². The van der Waals surface area contributed by atoms with E-state index in [0.717, 1.165) is 39.2 Å². The van der Waals surface area contributed by atoms with Gasteiger partial charge in [0, 0.05) is 30.1 Å². The number of hydrogen-bond acceptors (Lipinski definition) is 6. The van der Waals surface area contributed by atoms with Gasteiger partial charge in [-0.3, -0.25) is 4.98 Å². The Morgan fingerprint density at radius 3 is 2.68 bits per heavy atom. The maximum atomic E-state index is 13.5. The van der Waals surface area contributed by atoms with Crippen LogP contribution in [0.2, 0.25) is 0 Å². The van der Waals surface area contributed by atoms with E-state index in [1.165, 1.54) is 29.8 Å². The van der Waals surface area contributed by atoms with Crippen LogP contribution in [0.15, 0.2) is 61.1 Å². The molecule has 6 nitrogen and oxygen atoms in total. The molecule has 9 heteroatoms. The second-order valence-electron chi connectivity index (χ2n) is 6.97. The lowest BCUT2D eigenvalue weighted by Gasteiger charge is -2.03. The van der Waals surface area contributed by atoms with E-state index in [2.05, 4.69) is 20.4 Å². The summed E-state index contributed by atoms with van der Waals surface area (Å²) in [5.74, 6) is -1.22. The summed E-state index contributed by atoms with van der Waals surface area (Å²) in [6.07, 6.45) is 3.39. The summed E-state index contributed by atoms with van der Waals surface area (Å²) >= 11 is 1.44. The molecule has 0 unspecified atom stereocenters. The molecular formula is C22H16F2N6S. The van der Waals surface area contributed by atoms with Crippen molar-refractivity contribution < 1.29 is 8.78 Å². The Morgan fingerprint density at radius 2 is 1.87 bits per heavy atom. The lowest BCUT2D eigenvalue weighted by atomic mass is 10.1. The molecule has 154 valence electrons. The smallest absolute Gasteiger partial charge is 0.184 e. The van der Waals surface area contributed by atoms with Crippen molar-refractivity contribution in [2.45, 2.75) is 13.5 Å². The standard InChI is InChI=1S/C22H16F2N6S/c1-13-3-2-4-18(28-13)20-21(15-5-6-19-26-12-27-30(19)11-15)31-22(29-20)25-10-14-7-16(23)9-17(24)8-14/h2-9,11-12H,10H2,1H3,(H,25,29). The molecule has 0 aliphatic heterocycles. The van der Waals surface area contributed by atoms with E-state index in [1.807, 2.05) is 43.5 Å². The van der Waals surface area contributed by atoms with Crippen LogP contribution in [0.5, 0.6) is 0 Å². The number of aryl methyl sites for hydroxylation is 1. The molecule has 0 aliphatic carbocycles. The van der Waals surface area contributed by atoms with Crippen molar-refractivity contribution in [2.24, 2.45) is 0 Å². The lowest BCUT2D eigenvalue weighted by molar-refractivity contribution is 0.580. The molecule has 4 heterocycles. The molecule has 0 spiro atoms. The van der Waals surface area contributed by atoms with Crippen molar-refractivity contribution in [2.75, 3.05) is 5.32 Å². The fourth-order valence-electron chi connectivity index (χ4n) is 3.28. The van der Waals surface area contributed by atoms with E-state index in [9.17, 15) is 8.78 Å². The summed E-state index contributed by atoms with van der Waals surface area (Å²) in [5, 5.41) is 8.00. The Kier molecular flexibility index (Phi) is 4.87. The molecule has 0 saturated carbocycles. The minimum Gasteiger partial charge on any atom is -0.357 e. The van der Waals surface area contributed by atoms with Crippen molar-refractivity contribution in [3.63, 3.8) is 0 Å². The van der Waals surface area contributed by atoms with Crippen LogP contribution in [0.25, 0.3) is 27.5 Å². The van der Waals surface area contributed by atoms with Crippen molar-refractivity contribution in [3.8, 4) is 21.8 Å². The molecule has 0 aliphatic rings. The van der Waals surface area contributed by atoms with Gasteiger partial charge in [0.1, 0.15) is 23.7 Å². The van der Waals surface area contributed by atoms with E-state index >= 15 is 0 Å². The van der Waals surface area contributed by atoms with Gasteiger partial charge in [-0.05, 0) is 48.9 Å². The number of fused-ring (bicyclic) bond motifs is 1. The van der Waals surface area contributed by atoms with Crippen molar-refractivity contribution in [3.05, 3.63) is 83.9 Å². The third-order valence-electron chi connectivity index (χ3n) is 4.66. The van der Waals surface area contributed by atoms with Crippen molar-refractivity contribution in [1.82, 2.24) is 24.6 Å². The Balaban J connectivity index is 1.54. The summed E-state index contributed by atoms with van der Waals surface area (Å²) < 4.78 is 28.7. The Bertz CT molecular complexity index is 1370. The second-order valence-corrected chi connectivity index (χ2v) is 7.97. The average Bonchev–Trinajstić information content (AvgIpc) is 3.38. The summed E-state index contributed by atoms with van der Waals surface area (Å²) in [6, 6.07) is 13.1. The molecule has 0 atom stereocenters. The number of hydrogen-bond donors (Lipinski definition) is 1. The lowest BCUT2D eigenvalue weighted by Crippen LogP contribution is -2.00. The van der Waals surface area contributed by atoms with E-state index in [-0.39, 0.29) is 6.54 Å². The van der Waals surface area contributed by atoms with Gasteiger partial charge in [-0.2, -0.15) is 5.10 Å². The molecule has 0 saturated heterocycles. The molecular weight excluding hydrogens is 418 g/mol. The first-order valence-electron chi connectivity index (χ1n) is 9.48. The number of anilines is 1. The zero-order valence-corrected chi connectivity index (χ0v) is 17.2. The number of benzene rings is 1. The first kappa shape index (κ1) is 19.3. The summed E-state index contributed by atoms with van der Waals surface area (Å²) in [5.41, 5.74) is 4.51. The van der Waals surface area contributed by atoms with Gasteiger partial charge in [-0.15, -0.1) is 0 Å². The third kappa shape index (κ3) is 3.99. The molecule has 5 rings (SSSR count). The van der Waals surface area contributed by atoms with Crippen LogP contribution in [-0.4, -0.2) is 24.6 Å². The topological polar surface area (TPSA) is 68.0 Å². The van der Waals surface area contributed by atoms with Gasteiger partial charge in [-0.25, -0.2) is 23.3 Å². The Labute approximate surface area is 180 Å². The van der Waals surface area contributed by atoms with Crippen LogP contribution in [0, 0.1) is 18.6 Å². The fraction of sp³-hybridized carbons (Fsp3) is 0.0909. The highest BCUT2D eigenvalue weighted by molar-refractivity contribution is 7.19. The molecule has 0 amide bonds. The first-order valence-corrected chi connectivity index (χ1v) is 10.3. The molecule has 1 N–H and O–H groups in total. The maximum Gasteiger partial charge on any atom is 0.184 e. The Hall–Kier alpha value is -3.72. The summed E-state index contributed by atoms with van der Waals surface area (Å²) in [6.45, 7) is 2.17. The van der Waals surface area contributed by atoms with Gasteiger partial charge in [0.05, 0.1) is 10.6 Å². The minimum absolute atomic E-state index is 0.241. The highest BCUT2D eigenvalue weighted by Gasteiger charge is 2.17. The number of halogens is 2. The molecule has 5 aromatic rings. The van der Waals surface area contributed by atoms with Crippen LogP contribution in [0.3, 0.4) is 0 Å². The van der Waals surface area contributed by atoms with Gasteiger partial charge in [0.25, 0.3) is 0 Å². The summed E-state index contributed by atoms with van der Waals surface area (Å²) in [7, 11) is 0. The van der Waals surface area contributed by atoms with Crippen LogP contribution in [0.4, 0.5) is 13.9 Å². The number of rotatable bonds is 5. The molecule has 0 bridgehead atoms. The highest BCUT2D eigenvalue weighted by atomic mass is 32.1. The van der Waals surface area contributed by atoms with Crippen molar-refractivity contribution >= 4 is 22.1 Å². The van der Waals surface area contributed by atoms with Gasteiger partial charge in [0.15, 0.2) is 10.8 Å². The molecule has 4 aromatic heterocycles. The van der Waals surface area contributed by atoms with Gasteiger partial charge in [-0.1, -0.05) is 17.4 Å². The summed E-state index contributed by atoms with van der Waals surface area (Å²) in [4.78, 5) is 14.4. The normalized spacial score (nSPS) is 11.2. The number of pyridine rings is 2. The quantitative estimate of drug-likeness (QED) is 0.416. The second kappa shape index (κ2) is 7.84. The van der Waals surface area contributed by atoms with Gasteiger partial charge >= 0.3 is 0 Å². The largest absolute Gasteiger partial charge is 0.357 e. The molecule has 0 fully saturated rings. The maximum absolute atomic E-state index is 13.5. The van der Waals surface area contributed by atoms with Gasteiger partial charge in [0.2, 0.25) is 0 Å². The molecule has 1 aromatic carbocycles. The Morgan fingerprint density at radius 1 is 1.03 bits per heavy atom. The fourth-order valence-corrected chi connectivity index (χ4v) is 4.24. The van der Waals surface area contributed by atoms with Crippen LogP contribution >= 0.6 is 11.3 Å². The number of thiazole rings is 1. The highest BCUT2D eigenvalue weighted by Crippen LogP contribution is 2.38. The molecule has 0 radical (unpaired) electrons. The molecule has 31 heavy (non-hydrogen) atoms. The van der Waals surface area contributed by atoms with Crippen LogP contribution < -0.4 is 5.32 Å². The zero-order valence-electron chi connectivity index (χ0n) is 16.4. The monoisotopic (exact) mass is 434 g/mol. The van der Waals surface area contributed by atoms with Gasteiger partial charge < -0.3 is 5.32 Å². The number of nitrogens with zero attached hydrogens (tertiary/aromatic N) is 5. The predicted octanol–water partition coefficient (Wildman–Crippen LogP) is 5.11.